The molecule has 1 aliphatic carbocycles. The molecule has 0 aromatic heterocycles. The van der Waals surface area contributed by atoms with Crippen LogP contribution < -0.4 is 5.32 Å². The maximum atomic E-state index is 3.77. The highest BCUT2D eigenvalue weighted by Gasteiger charge is 2.16. The van der Waals surface area contributed by atoms with Crippen molar-refractivity contribution in [1.29, 1.82) is 0 Å². The van der Waals surface area contributed by atoms with Gasteiger partial charge in [0.25, 0.3) is 0 Å². The molecule has 1 saturated carbocycles. The van der Waals surface area contributed by atoms with Crippen molar-refractivity contribution in [3.63, 3.8) is 0 Å². The molecule has 1 N–H and O–H groups in total. The van der Waals surface area contributed by atoms with E-state index in [4.69, 9.17) is 0 Å². The number of allylic oxidation sites excluding steroid dienone is 1. The summed E-state index contributed by atoms with van der Waals surface area (Å²) < 4.78 is 0. The molecule has 1 atom stereocenters. The molecule has 1 aliphatic rings. The minimum absolute atomic E-state index is 0.741. The van der Waals surface area contributed by atoms with E-state index in [1.807, 2.05) is 6.08 Å². The van der Waals surface area contributed by atoms with Gasteiger partial charge in [-0.15, -0.1) is 6.58 Å². The molecule has 0 amide bonds. The van der Waals surface area contributed by atoms with Gasteiger partial charge in [-0.25, -0.2) is 0 Å². The summed E-state index contributed by atoms with van der Waals surface area (Å²) in [5.41, 5.74) is 0. The molecular formula is C14H27N. The number of hydrogen-bond acceptors (Lipinski definition) is 1. The van der Waals surface area contributed by atoms with Gasteiger partial charge in [0.2, 0.25) is 0 Å². The van der Waals surface area contributed by atoms with Crippen LogP contribution >= 0.6 is 0 Å². The first kappa shape index (κ1) is 12.8. The van der Waals surface area contributed by atoms with Crippen molar-refractivity contribution in [3.05, 3.63) is 12.7 Å². The van der Waals surface area contributed by atoms with E-state index in [0.29, 0.717) is 0 Å². The van der Waals surface area contributed by atoms with Gasteiger partial charge in [0, 0.05) is 6.04 Å². The van der Waals surface area contributed by atoms with Gasteiger partial charge < -0.3 is 5.32 Å². The van der Waals surface area contributed by atoms with Crippen LogP contribution in [0, 0.1) is 5.92 Å². The molecule has 1 nitrogen and oxygen atoms in total. The smallest absolute Gasteiger partial charge is 0.00642 e. The predicted molar refractivity (Wildman–Crippen MR) is 68.1 cm³/mol. The van der Waals surface area contributed by atoms with Gasteiger partial charge in [0.1, 0.15) is 0 Å². The Morgan fingerprint density at radius 2 is 2.07 bits per heavy atom. The molecule has 0 aromatic carbocycles. The third kappa shape index (κ3) is 5.36. The van der Waals surface area contributed by atoms with E-state index in [-0.39, 0.29) is 0 Å². The van der Waals surface area contributed by atoms with E-state index >= 15 is 0 Å². The first-order valence-electron chi connectivity index (χ1n) is 6.65. The van der Waals surface area contributed by atoms with Crippen LogP contribution in [-0.4, -0.2) is 13.1 Å². The molecule has 0 bridgehead atoms. The lowest BCUT2D eigenvalue weighted by Crippen LogP contribution is -2.25. The molecule has 1 rings (SSSR count). The van der Waals surface area contributed by atoms with Crippen LogP contribution in [0.5, 0.6) is 0 Å². The second-order valence-corrected chi connectivity index (χ2v) is 4.93. The van der Waals surface area contributed by atoms with Gasteiger partial charge in [0.05, 0.1) is 0 Å². The summed E-state index contributed by atoms with van der Waals surface area (Å²) in [5.74, 6) is 1.04. The summed E-state index contributed by atoms with van der Waals surface area (Å²) in [6, 6.07) is 0.741. The summed E-state index contributed by atoms with van der Waals surface area (Å²) in [4.78, 5) is 0. The molecule has 0 radical (unpaired) electrons. The van der Waals surface area contributed by atoms with Gasteiger partial charge in [-0.05, 0) is 45.1 Å². The first-order valence-corrected chi connectivity index (χ1v) is 6.65. The Morgan fingerprint density at radius 1 is 1.33 bits per heavy atom. The number of nitrogens with one attached hydrogen (secondary N) is 1. The van der Waals surface area contributed by atoms with Crippen LogP contribution in [0.4, 0.5) is 0 Å². The molecule has 0 saturated heterocycles. The largest absolute Gasteiger partial charge is 0.317 e. The normalized spacial score (nSPS) is 19.3. The molecular weight excluding hydrogens is 182 g/mol. The highest BCUT2D eigenvalue weighted by molar-refractivity contribution is 4.74. The molecule has 0 aromatic rings. The average Bonchev–Trinajstić information content (AvgIpc) is 2.76. The molecule has 1 fully saturated rings. The number of hydrogen-bond donors (Lipinski definition) is 1. The number of unbranched alkanes of at least 4 members (excludes halogenated alkanes) is 1. The summed E-state index contributed by atoms with van der Waals surface area (Å²) >= 11 is 0. The number of rotatable bonds is 8. The van der Waals surface area contributed by atoms with Gasteiger partial charge >= 0.3 is 0 Å². The standard InChI is InChI=1S/C14H27N/c1-3-4-5-10-14(15-2)12-11-13-8-6-7-9-13/h3,13-15H,1,4-12H2,2H3. The van der Waals surface area contributed by atoms with Gasteiger partial charge in [-0.1, -0.05) is 31.8 Å². The maximum absolute atomic E-state index is 3.77. The Balaban J connectivity index is 2.06. The highest BCUT2D eigenvalue weighted by atomic mass is 14.9. The monoisotopic (exact) mass is 209 g/mol. The lowest BCUT2D eigenvalue weighted by Gasteiger charge is -2.17. The third-order valence-electron chi connectivity index (χ3n) is 3.77. The van der Waals surface area contributed by atoms with Crippen molar-refractivity contribution in [2.24, 2.45) is 5.92 Å². The van der Waals surface area contributed by atoms with E-state index in [2.05, 4.69) is 18.9 Å². The molecule has 1 heteroatoms. The van der Waals surface area contributed by atoms with Crippen molar-refractivity contribution in [3.8, 4) is 0 Å². The van der Waals surface area contributed by atoms with Crippen molar-refractivity contribution in [1.82, 2.24) is 5.32 Å². The summed E-state index contributed by atoms with van der Waals surface area (Å²) in [7, 11) is 2.10. The minimum Gasteiger partial charge on any atom is -0.317 e. The molecule has 0 heterocycles. The Labute approximate surface area is 95.3 Å². The highest BCUT2D eigenvalue weighted by Crippen LogP contribution is 2.29. The Kier molecular flexibility index (Phi) is 6.74. The van der Waals surface area contributed by atoms with Crippen LogP contribution in [0.3, 0.4) is 0 Å². The molecule has 0 spiro atoms. The van der Waals surface area contributed by atoms with E-state index < -0.39 is 0 Å². The second-order valence-electron chi connectivity index (χ2n) is 4.93. The fraction of sp³-hybridized carbons (Fsp3) is 0.857. The lowest BCUT2D eigenvalue weighted by molar-refractivity contribution is 0.401. The summed E-state index contributed by atoms with van der Waals surface area (Å²) in [6.07, 6.45) is 14.6. The Bertz CT molecular complexity index is 159. The van der Waals surface area contributed by atoms with Crippen LogP contribution in [0.25, 0.3) is 0 Å². The minimum atomic E-state index is 0.741. The van der Waals surface area contributed by atoms with Crippen molar-refractivity contribution in [2.75, 3.05) is 7.05 Å². The van der Waals surface area contributed by atoms with Crippen LogP contribution in [0.1, 0.15) is 57.8 Å². The Hall–Kier alpha value is -0.300. The van der Waals surface area contributed by atoms with E-state index in [9.17, 15) is 0 Å². The quantitative estimate of drug-likeness (QED) is 0.472. The molecule has 88 valence electrons. The van der Waals surface area contributed by atoms with E-state index in [1.165, 1.54) is 57.8 Å². The van der Waals surface area contributed by atoms with Gasteiger partial charge in [0.15, 0.2) is 0 Å². The van der Waals surface area contributed by atoms with Crippen LogP contribution in [-0.2, 0) is 0 Å². The SMILES string of the molecule is C=CCCCC(CCC1CCCC1)NC. The zero-order chi connectivity index (χ0) is 10.9. The predicted octanol–water partition coefficient (Wildman–Crippen LogP) is 3.90. The first-order chi connectivity index (χ1) is 7.36. The van der Waals surface area contributed by atoms with Crippen molar-refractivity contribution in [2.45, 2.75) is 63.8 Å². The second kappa shape index (κ2) is 7.92. The summed E-state index contributed by atoms with van der Waals surface area (Å²) in [6.45, 7) is 3.77. The molecule has 0 aliphatic heterocycles. The summed E-state index contributed by atoms with van der Waals surface area (Å²) in [5, 5.41) is 3.45. The fourth-order valence-electron chi connectivity index (χ4n) is 2.68. The Morgan fingerprint density at radius 3 is 2.67 bits per heavy atom. The zero-order valence-corrected chi connectivity index (χ0v) is 10.3. The van der Waals surface area contributed by atoms with Crippen LogP contribution in [0.2, 0.25) is 0 Å². The van der Waals surface area contributed by atoms with E-state index in [0.717, 1.165) is 12.0 Å². The molecule has 1 unspecified atom stereocenters. The van der Waals surface area contributed by atoms with Crippen molar-refractivity contribution >= 4 is 0 Å². The fourth-order valence-corrected chi connectivity index (χ4v) is 2.68. The average molecular weight is 209 g/mol. The molecule has 15 heavy (non-hydrogen) atoms. The third-order valence-corrected chi connectivity index (χ3v) is 3.77. The van der Waals surface area contributed by atoms with Crippen LogP contribution in [0.15, 0.2) is 12.7 Å². The van der Waals surface area contributed by atoms with Gasteiger partial charge in [-0.3, -0.25) is 0 Å². The lowest BCUT2D eigenvalue weighted by atomic mass is 9.96. The zero-order valence-electron chi connectivity index (χ0n) is 10.3. The van der Waals surface area contributed by atoms with Gasteiger partial charge in [-0.2, -0.15) is 0 Å². The van der Waals surface area contributed by atoms with E-state index in [1.54, 1.807) is 0 Å². The van der Waals surface area contributed by atoms with Crippen molar-refractivity contribution < 1.29 is 0 Å². The topological polar surface area (TPSA) is 12.0 Å². The maximum Gasteiger partial charge on any atom is 0.00642 e.